The molecule has 0 fully saturated rings. The lowest BCUT2D eigenvalue weighted by Crippen LogP contribution is -2.49. The van der Waals surface area contributed by atoms with Crippen LogP contribution in [0.5, 0.6) is 0 Å². The molecule has 0 aromatic heterocycles. The standard InChI is InChI=1S/C14H19NO2/c1-14(2,13(16)17)15(3)12-9-8-10-6-4-5-7-11(10)12/h4-7,12H,8-9H2,1-3H3,(H,16,17). The Morgan fingerprint density at radius 1 is 1.41 bits per heavy atom. The minimum Gasteiger partial charge on any atom is -0.480 e. The van der Waals surface area contributed by atoms with Crippen LogP contribution in [0.2, 0.25) is 0 Å². The summed E-state index contributed by atoms with van der Waals surface area (Å²) >= 11 is 0. The number of aryl methyl sites for hydroxylation is 1. The van der Waals surface area contributed by atoms with Gasteiger partial charge in [-0.25, -0.2) is 0 Å². The van der Waals surface area contributed by atoms with Crippen LogP contribution in [0, 0.1) is 0 Å². The van der Waals surface area contributed by atoms with Crippen LogP contribution in [0.1, 0.15) is 37.4 Å². The molecule has 3 heteroatoms. The Morgan fingerprint density at radius 2 is 2.06 bits per heavy atom. The molecule has 0 spiro atoms. The van der Waals surface area contributed by atoms with Crippen molar-refractivity contribution >= 4 is 5.97 Å². The van der Waals surface area contributed by atoms with Gasteiger partial charge in [0.15, 0.2) is 0 Å². The summed E-state index contributed by atoms with van der Waals surface area (Å²) in [6, 6.07) is 8.54. The molecule has 92 valence electrons. The molecule has 17 heavy (non-hydrogen) atoms. The SMILES string of the molecule is CN(C1CCc2ccccc21)C(C)(C)C(=O)O. The van der Waals surface area contributed by atoms with E-state index in [4.69, 9.17) is 0 Å². The van der Waals surface area contributed by atoms with Crippen molar-refractivity contribution in [2.75, 3.05) is 7.05 Å². The molecule has 0 radical (unpaired) electrons. The van der Waals surface area contributed by atoms with Crippen molar-refractivity contribution in [1.29, 1.82) is 0 Å². The molecule has 0 aliphatic heterocycles. The van der Waals surface area contributed by atoms with Gasteiger partial charge in [0, 0.05) is 6.04 Å². The highest BCUT2D eigenvalue weighted by atomic mass is 16.4. The number of aliphatic carboxylic acids is 1. The van der Waals surface area contributed by atoms with Gasteiger partial charge in [-0.05, 0) is 44.9 Å². The number of hydrogen-bond donors (Lipinski definition) is 1. The summed E-state index contributed by atoms with van der Waals surface area (Å²) in [4.78, 5) is 13.3. The molecule has 1 aliphatic carbocycles. The smallest absolute Gasteiger partial charge is 0.323 e. The quantitative estimate of drug-likeness (QED) is 0.872. The predicted molar refractivity (Wildman–Crippen MR) is 67.0 cm³/mol. The summed E-state index contributed by atoms with van der Waals surface area (Å²) in [6.07, 6.45) is 2.05. The minimum absolute atomic E-state index is 0.220. The van der Waals surface area contributed by atoms with E-state index in [1.54, 1.807) is 13.8 Å². The second kappa shape index (κ2) is 4.15. The van der Waals surface area contributed by atoms with Crippen LogP contribution in [0.25, 0.3) is 0 Å². The molecule has 3 nitrogen and oxygen atoms in total. The third kappa shape index (κ3) is 1.95. The summed E-state index contributed by atoms with van der Waals surface area (Å²) < 4.78 is 0. The lowest BCUT2D eigenvalue weighted by Gasteiger charge is -2.36. The van der Waals surface area contributed by atoms with E-state index in [0.717, 1.165) is 12.8 Å². The van der Waals surface area contributed by atoms with Crippen molar-refractivity contribution in [1.82, 2.24) is 4.90 Å². The molecule has 1 aromatic carbocycles. The third-order valence-electron chi connectivity index (χ3n) is 3.97. The Bertz CT molecular complexity index is 440. The van der Waals surface area contributed by atoms with Crippen LogP contribution in [0.3, 0.4) is 0 Å². The van der Waals surface area contributed by atoms with Crippen molar-refractivity contribution in [3.8, 4) is 0 Å². The number of rotatable bonds is 3. The molecule has 2 rings (SSSR count). The zero-order chi connectivity index (χ0) is 12.6. The van der Waals surface area contributed by atoms with Gasteiger partial charge in [0.2, 0.25) is 0 Å². The molecule has 0 bridgehead atoms. The Kier molecular flexibility index (Phi) is 2.96. The van der Waals surface area contributed by atoms with Crippen molar-refractivity contribution in [3.05, 3.63) is 35.4 Å². The first-order valence-corrected chi connectivity index (χ1v) is 5.98. The molecule has 1 aromatic rings. The maximum Gasteiger partial charge on any atom is 0.323 e. The van der Waals surface area contributed by atoms with Crippen molar-refractivity contribution in [3.63, 3.8) is 0 Å². The van der Waals surface area contributed by atoms with Crippen molar-refractivity contribution in [2.45, 2.75) is 38.3 Å². The fraction of sp³-hybridized carbons (Fsp3) is 0.500. The Labute approximate surface area is 102 Å². The molecular formula is C14H19NO2. The molecule has 1 aliphatic rings. The molecule has 0 saturated carbocycles. The maximum atomic E-state index is 11.3. The average molecular weight is 233 g/mol. The minimum atomic E-state index is -0.831. The highest BCUT2D eigenvalue weighted by molar-refractivity contribution is 5.77. The second-order valence-corrected chi connectivity index (χ2v) is 5.23. The van der Waals surface area contributed by atoms with E-state index in [-0.39, 0.29) is 6.04 Å². The van der Waals surface area contributed by atoms with Crippen molar-refractivity contribution < 1.29 is 9.90 Å². The van der Waals surface area contributed by atoms with Crippen molar-refractivity contribution in [2.24, 2.45) is 0 Å². The van der Waals surface area contributed by atoms with Crippen LogP contribution < -0.4 is 0 Å². The summed E-state index contributed by atoms with van der Waals surface area (Å²) in [5.74, 6) is -0.774. The summed E-state index contributed by atoms with van der Waals surface area (Å²) in [5.41, 5.74) is 1.80. The van der Waals surface area contributed by atoms with E-state index in [9.17, 15) is 9.90 Å². The third-order valence-corrected chi connectivity index (χ3v) is 3.97. The van der Waals surface area contributed by atoms with Gasteiger partial charge in [-0.2, -0.15) is 0 Å². The molecular weight excluding hydrogens is 214 g/mol. The van der Waals surface area contributed by atoms with Gasteiger partial charge in [0.25, 0.3) is 0 Å². The monoisotopic (exact) mass is 233 g/mol. The van der Waals surface area contributed by atoms with E-state index in [1.807, 2.05) is 24.1 Å². The Hall–Kier alpha value is -1.35. The number of benzene rings is 1. The van der Waals surface area contributed by atoms with Crippen LogP contribution in [-0.2, 0) is 11.2 Å². The fourth-order valence-corrected chi connectivity index (χ4v) is 2.48. The Balaban J connectivity index is 2.29. The maximum absolute atomic E-state index is 11.3. The van der Waals surface area contributed by atoms with Crippen LogP contribution >= 0.6 is 0 Å². The van der Waals surface area contributed by atoms with Gasteiger partial charge < -0.3 is 5.11 Å². The number of carboxylic acid groups (broad SMARTS) is 1. The predicted octanol–water partition coefficient (Wildman–Crippen LogP) is 2.47. The van der Waals surface area contributed by atoms with Gasteiger partial charge in [-0.15, -0.1) is 0 Å². The van der Waals surface area contributed by atoms with E-state index in [2.05, 4.69) is 12.1 Å². The van der Waals surface area contributed by atoms with Gasteiger partial charge in [-0.1, -0.05) is 24.3 Å². The lowest BCUT2D eigenvalue weighted by atomic mass is 9.98. The summed E-state index contributed by atoms with van der Waals surface area (Å²) in [5, 5.41) is 9.28. The number of fused-ring (bicyclic) bond motifs is 1. The van der Waals surface area contributed by atoms with Crippen LogP contribution in [0.4, 0.5) is 0 Å². The number of carboxylic acids is 1. The number of carbonyl (C=O) groups is 1. The van der Waals surface area contributed by atoms with E-state index in [0.29, 0.717) is 0 Å². The number of nitrogens with zero attached hydrogens (tertiary/aromatic N) is 1. The number of hydrogen-bond acceptors (Lipinski definition) is 2. The van der Waals surface area contributed by atoms with E-state index < -0.39 is 11.5 Å². The van der Waals surface area contributed by atoms with Gasteiger partial charge >= 0.3 is 5.97 Å². The second-order valence-electron chi connectivity index (χ2n) is 5.23. The zero-order valence-electron chi connectivity index (χ0n) is 10.6. The zero-order valence-corrected chi connectivity index (χ0v) is 10.6. The van der Waals surface area contributed by atoms with Crippen LogP contribution in [0.15, 0.2) is 24.3 Å². The molecule has 1 atom stereocenters. The first kappa shape index (κ1) is 12.1. The first-order valence-electron chi connectivity index (χ1n) is 5.98. The van der Waals surface area contributed by atoms with Gasteiger partial charge in [0.05, 0.1) is 0 Å². The molecule has 0 heterocycles. The largest absolute Gasteiger partial charge is 0.480 e. The topological polar surface area (TPSA) is 40.5 Å². The first-order chi connectivity index (χ1) is 7.94. The normalized spacial score (nSPS) is 19.4. The fourth-order valence-electron chi connectivity index (χ4n) is 2.48. The van der Waals surface area contributed by atoms with E-state index >= 15 is 0 Å². The highest BCUT2D eigenvalue weighted by Gasteiger charge is 2.38. The van der Waals surface area contributed by atoms with Gasteiger partial charge in [0.1, 0.15) is 5.54 Å². The molecule has 1 N–H and O–H groups in total. The number of likely N-dealkylation sites (N-methyl/N-ethyl adjacent to an activating group) is 1. The Morgan fingerprint density at radius 3 is 2.71 bits per heavy atom. The summed E-state index contributed by atoms with van der Waals surface area (Å²) in [6.45, 7) is 3.52. The molecule has 1 unspecified atom stereocenters. The van der Waals surface area contributed by atoms with E-state index in [1.165, 1.54) is 11.1 Å². The summed E-state index contributed by atoms with van der Waals surface area (Å²) in [7, 11) is 1.90. The highest BCUT2D eigenvalue weighted by Crippen LogP contribution is 2.37. The average Bonchev–Trinajstić information content (AvgIpc) is 2.71. The van der Waals surface area contributed by atoms with Crippen LogP contribution in [-0.4, -0.2) is 28.6 Å². The molecule has 0 amide bonds. The molecule has 0 saturated heterocycles. The van der Waals surface area contributed by atoms with Gasteiger partial charge in [-0.3, -0.25) is 9.69 Å². The lowest BCUT2D eigenvalue weighted by molar-refractivity contribution is -0.150.